The van der Waals surface area contributed by atoms with Gasteiger partial charge in [0.05, 0.1) is 29.0 Å². The van der Waals surface area contributed by atoms with E-state index in [1.807, 2.05) is 13.8 Å². The number of unbranched alkanes of at least 4 members (excludes halogenated alkanes) is 3. The van der Waals surface area contributed by atoms with Crippen LogP contribution in [0, 0.1) is 13.8 Å². The number of β-amino-alcohol motifs (C(OH)–C–C–N with tert-alkyl or cyclic N) is 1. The van der Waals surface area contributed by atoms with Gasteiger partial charge in [0.2, 0.25) is 0 Å². The van der Waals surface area contributed by atoms with Gasteiger partial charge in [-0.15, -0.1) is 0 Å². The van der Waals surface area contributed by atoms with Crippen molar-refractivity contribution in [3.63, 3.8) is 0 Å². The molecule has 0 aliphatic carbocycles. The number of hydrogen-bond acceptors (Lipinski definition) is 5. The highest BCUT2D eigenvalue weighted by Gasteiger charge is 2.35. The van der Waals surface area contributed by atoms with Gasteiger partial charge in [-0.05, 0) is 51.0 Å². The lowest BCUT2D eigenvalue weighted by atomic mass is 10.1. The first-order valence-electron chi connectivity index (χ1n) is 11.6. The van der Waals surface area contributed by atoms with Gasteiger partial charge in [-0.25, -0.2) is 16.8 Å². The average Bonchev–Trinajstić information content (AvgIpc) is 2.97. The smallest absolute Gasteiger partial charge is 0.264 e. The Kier molecular flexibility index (Phi) is 8.43. The molecule has 34 heavy (non-hydrogen) atoms. The van der Waals surface area contributed by atoms with Crippen molar-refractivity contribution in [1.82, 2.24) is 8.61 Å². The molecule has 0 aromatic heterocycles. The molecule has 0 saturated heterocycles. The van der Waals surface area contributed by atoms with Crippen LogP contribution in [-0.2, 0) is 20.0 Å². The van der Waals surface area contributed by atoms with Gasteiger partial charge in [0.1, 0.15) is 0 Å². The zero-order chi connectivity index (χ0) is 24.9. The molecule has 0 radical (unpaired) electrons. The molecule has 1 N–H and O–H groups in total. The third-order valence-electron chi connectivity index (χ3n) is 5.90. The van der Waals surface area contributed by atoms with Gasteiger partial charge in [0.25, 0.3) is 20.0 Å². The molecule has 1 heterocycles. The topological polar surface area (TPSA) is 95.0 Å². The lowest BCUT2D eigenvalue weighted by Gasteiger charge is -2.27. The zero-order valence-corrected chi connectivity index (χ0v) is 21.6. The maximum Gasteiger partial charge on any atom is 0.264 e. The fourth-order valence-corrected chi connectivity index (χ4v) is 6.81. The molecule has 1 aliphatic rings. The molecule has 0 bridgehead atoms. The lowest BCUT2D eigenvalue weighted by Crippen LogP contribution is -2.38. The molecule has 9 heteroatoms. The highest BCUT2D eigenvalue weighted by molar-refractivity contribution is 7.89. The predicted molar refractivity (Wildman–Crippen MR) is 133 cm³/mol. The Balaban J connectivity index is 2.05. The third kappa shape index (κ3) is 6.00. The van der Waals surface area contributed by atoms with Crippen molar-refractivity contribution in [3.05, 3.63) is 71.6 Å². The van der Waals surface area contributed by atoms with Gasteiger partial charge >= 0.3 is 0 Å². The number of aliphatic hydroxyl groups is 1. The molecule has 0 saturated carbocycles. The van der Waals surface area contributed by atoms with Crippen molar-refractivity contribution >= 4 is 20.0 Å². The van der Waals surface area contributed by atoms with Crippen molar-refractivity contribution in [2.24, 2.45) is 0 Å². The average molecular weight is 507 g/mol. The third-order valence-corrected chi connectivity index (χ3v) is 9.48. The molecule has 1 aliphatic heterocycles. The van der Waals surface area contributed by atoms with Gasteiger partial charge in [-0.3, -0.25) is 8.61 Å². The van der Waals surface area contributed by atoms with Gasteiger partial charge in [0.15, 0.2) is 0 Å². The van der Waals surface area contributed by atoms with E-state index in [1.54, 1.807) is 24.3 Å². The highest BCUT2D eigenvalue weighted by Crippen LogP contribution is 2.29. The van der Waals surface area contributed by atoms with Crippen LogP contribution in [0.1, 0.15) is 50.2 Å². The molecule has 1 atom stereocenters. The molecule has 0 spiro atoms. The largest absolute Gasteiger partial charge is 0.389 e. The normalized spacial score (nSPS) is 17.4. The summed E-state index contributed by atoms with van der Waals surface area (Å²) in [5, 5.41) is 10.7. The number of nitrogens with zero attached hydrogens (tertiary/aromatic N) is 2. The van der Waals surface area contributed by atoms with Crippen LogP contribution in [0.25, 0.3) is 0 Å². The number of rotatable bonds is 9. The fraction of sp³-hybridized carbons (Fsp3) is 0.440. The number of aliphatic hydroxyl groups excluding tert-OH is 1. The van der Waals surface area contributed by atoms with E-state index in [4.69, 9.17) is 0 Å². The van der Waals surface area contributed by atoms with Crippen LogP contribution in [0.3, 0.4) is 0 Å². The second kappa shape index (κ2) is 10.9. The molecule has 0 fully saturated rings. The zero-order valence-electron chi connectivity index (χ0n) is 20.0. The van der Waals surface area contributed by atoms with Crippen molar-refractivity contribution in [2.75, 3.05) is 13.1 Å². The Morgan fingerprint density at radius 3 is 1.85 bits per heavy atom. The number of aryl methyl sites for hydroxylation is 2. The molecule has 0 amide bonds. The maximum absolute atomic E-state index is 13.6. The monoisotopic (exact) mass is 506 g/mol. The molecule has 2 aromatic carbocycles. The molecule has 186 valence electrons. The maximum atomic E-state index is 13.6. The van der Waals surface area contributed by atoms with E-state index in [2.05, 4.69) is 6.92 Å². The first-order valence-corrected chi connectivity index (χ1v) is 14.5. The van der Waals surface area contributed by atoms with Gasteiger partial charge in [-0.1, -0.05) is 61.6 Å². The van der Waals surface area contributed by atoms with Crippen LogP contribution in [0.15, 0.2) is 70.2 Å². The van der Waals surface area contributed by atoms with E-state index in [9.17, 15) is 21.9 Å². The van der Waals surface area contributed by atoms with Crippen LogP contribution in [0.5, 0.6) is 0 Å². The van der Waals surface area contributed by atoms with Gasteiger partial charge in [-0.2, -0.15) is 0 Å². The summed E-state index contributed by atoms with van der Waals surface area (Å²) in [6.07, 6.45) is 4.24. The molecular formula is C25H34N2O5S2. The van der Waals surface area contributed by atoms with Crippen LogP contribution < -0.4 is 0 Å². The van der Waals surface area contributed by atoms with E-state index in [0.29, 0.717) is 18.5 Å². The minimum Gasteiger partial charge on any atom is -0.389 e. The SMILES string of the molecule is CCCCCCC1=CN(S(=O)(=O)c2ccc(C)cc2)CC(O)CN1S(=O)(=O)c1ccc(C)cc1. The lowest BCUT2D eigenvalue weighted by molar-refractivity contribution is 0.146. The van der Waals surface area contributed by atoms with Crippen molar-refractivity contribution < 1.29 is 21.9 Å². The summed E-state index contributed by atoms with van der Waals surface area (Å²) in [5.41, 5.74) is 2.22. The molecule has 1 unspecified atom stereocenters. The molecule has 3 rings (SSSR count). The van der Waals surface area contributed by atoms with Gasteiger partial charge < -0.3 is 5.11 Å². The number of hydrogen-bond donors (Lipinski definition) is 1. The van der Waals surface area contributed by atoms with Gasteiger partial charge in [0, 0.05) is 11.9 Å². The van der Waals surface area contributed by atoms with E-state index in [1.165, 1.54) is 34.8 Å². The Labute approximate surface area is 203 Å². The highest BCUT2D eigenvalue weighted by atomic mass is 32.2. The number of benzene rings is 2. The summed E-state index contributed by atoms with van der Waals surface area (Å²) in [4.78, 5) is 0.210. The van der Waals surface area contributed by atoms with Crippen molar-refractivity contribution in [1.29, 1.82) is 0 Å². The summed E-state index contributed by atoms with van der Waals surface area (Å²) >= 11 is 0. The summed E-state index contributed by atoms with van der Waals surface area (Å²) in [5.74, 6) is 0. The van der Waals surface area contributed by atoms with Crippen LogP contribution in [0.2, 0.25) is 0 Å². The van der Waals surface area contributed by atoms with E-state index in [-0.39, 0.29) is 22.9 Å². The quantitative estimate of drug-likeness (QED) is 0.515. The Bertz CT molecular complexity index is 1200. The number of allylic oxidation sites excluding steroid dienone is 1. The first-order chi connectivity index (χ1) is 16.1. The molecular weight excluding hydrogens is 472 g/mol. The summed E-state index contributed by atoms with van der Waals surface area (Å²) in [6, 6.07) is 13.0. The van der Waals surface area contributed by atoms with Crippen LogP contribution in [0.4, 0.5) is 0 Å². The number of sulfonamides is 2. The summed E-state index contributed by atoms with van der Waals surface area (Å²) < 4.78 is 56.2. The molecule has 2 aromatic rings. The Morgan fingerprint density at radius 2 is 1.32 bits per heavy atom. The second-order valence-electron chi connectivity index (χ2n) is 8.82. The van der Waals surface area contributed by atoms with Crippen LogP contribution in [-0.4, -0.2) is 49.7 Å². The first kappa shape index (κ1) is 26.2. The van der Waals surface area contributed by atoms with E-state index >= 15 is 0 Å². The predicted octanol–water partition coefficient (Wildman–Crippen LogP) is 4.17. The van der Waals surface area contributed by atoms with E-state index < -0.39 is 26.2 Å². The van der Waals surface area contributed by atoms with Crippen molar-refractivity contribution in [2.45, 2.75) is 68.8 Å². The summed E-state index contributed by atoms with van der Waals surface area (Å²) in [6.45, 7) is 5.39. The fourth-order valence-electron chi connectivity index (χ4n) is 3.88. The Morgan fingerprint density at radius 1 is 0.794 bits per heavy atom. The standard InChI is InChI=1S/C25H34N2O5S2/c1-4-5-6-7-8-22-17-26(33(29,30)24-13-9-20(2)10-14-24)18-23(28)19-27(22)34(31,32)25-15-11-21(3)12-16-25/h9-17,23,28H,4-8,18-19H2,1-3H3. The van der Waals surface area contributed by atoms with E-state index in [0.717, 1.165) is 34.7 Å². The minimum atomic E-state index is -3.98. The summed E-state index contributed by atoms with van der Waals surface area (Å²) in [7, 11) is -7.95. The minimum absolute atomic E-state index is 0.0988. The van der Waals surface area contributed by atoms with Crippen molar-refractivity contribution in [3.8, 4) is 0 Å². The van der Waals surface area contributed by atoms with Crippen LogP contribution >= 0.6 is 0 Å². The second-order valence-corrected chi connectivity index (χ2v) is 12.6. The Hall–Kier alpha value is -2.36. The molecule has 7 nitrogen and oxygen atoms in total.